The molecule has 0 atom stereocenters. The van der Waals surface area contributed by atoms with Crippen LogP contribution in [0.25, 0.3) is 0 Å². The van der Waals surface area contributed by atoms with Crippen LogP contribution in [0.2, 0.25) is 0 Å². The van der Waals surface area contributed by atoms with E-state index in [1.54, 1.807) is 0 Å². The van der Waals surface area contributed by atoms with Crippen LogP contribution in [0.3, 0.4) is 0 Å². The zero-order valence-corrected chi connectivity index (χ0v) is 8.26. The van der Waals surface area contributed by atoms with Crippen molar-refractivity contribution in [2.45, 2.75) is 19.3 Å². The minimum atomic E-state index is 1.07. The lowest BCUT2D eigenvalue weighted by molar-refractivity contribution is 0.721. The lowest BCUT2D eigenvalue weighted by Gasteiger charge is -2.01. The molecule has 2 heteroatoms. The summed E-state index contributed by atoms with van der Waals surface area (Å²) in [4.78, 5) is 0. The Labute approximate surface area is 81.1 Å². The van der Waals surface area contributed by atoms with E-state index in [-0.39, 0.29) is 0 Å². The van der Waals surface area contributed by atoms with Crippen LogP contribution in [0.15, 0.2) is 24.3 Å². The van der Waals surface area contributed by atoms with E-state index in [9.17, 15) is 0 Å². The monoisotopic (exact) mass is 180 g/mol. The third-order valence-corrected chi connectivity index (χ3v) is 2.07. The molecule has 13 heavy (non-hydrogen) atoms. The molecule has 0 fully saturated rings. The molecule has 0 radical (unpaired) electrons. The molecule has 0 aliphatic carbocycles. The number of rotatable bonds is 0. The first kappa shape index (κ1) is 10.5. The van der Waals surface area contributed by atoms with Gasteiger partial charge in [0.1, 0.15) is 0 Å². The first-order valence-corrected chi connectivity index (χ1v) is 5.21. The maximum Gasteiger partial charge on any atom is 0.0135 e. The van der Waals surface area contributed by atoms with E-state index < -0.39 is 0 Å². The van der Waals surface area contributed by atoms with Gasteiger partial charge in [-0.15, -0.1) is 0 Å². The fourth-order valence-electron chi connectivity index (χ4n) is 1.30. The second kappa shape index (κ2) is 8.02. The van der Waals surface area contributed by atoms with Crippen LogP contribution in [0, 0.1) is 0 Å². The molecule has 2 aliphatic rings. The van der Waals surface area contributed by atoms with Crippen LogP contribution in [-0.4, -0.2) is 26.2 Å². The maximum absolute atomic E-state index is 3.26. The highest BCUT2D eigenvalue weighted by molar-refractivity contribution is 4.88. The van der Waals surface area contributed by atoms with Crippen molar-refractivity contribution in [3.8, 4) is 0 Å². The molecule has 0 spiro atoms. The molecule has 0 amide bonds. The molecular formula is C11H20N2. The lowest BCUT2D eigenvalue weighted by Crippen LogP contribution is -2.17. The highest BCUT2D eigenvalue weighted by atomic mass is 14.8. The summed E-state index contributed by atoms with van der Waals surface area (Å²) < 4.78 is 0. The topological polar surface area (TPSA) is 24.1 Å². The Bertz CT molecular complexity index is 145. The molecule has 2 nitrogen and oxygen atoms in total. The fourth-order valence-corrected chi connectivity index (χ4v) is 1.30. The smallest absolute Gasteiger partial charge is 0.0135 e. The van der Waals surface area contributed by atoms with E-state index in [4.69, 9.17) is 0 Å². The molecule has 2 heterocycles. The van der Waals surface area contributed by atoms with Crippen LogP contribution < -0.4 is 10.6 Å². The molecule has 0 unspecified atom stereocenters. The van der Waals surface area contributed by atoms with Gasteiger partial charge in [0.15, 0.2) is 0 Å². The van der Waals surface area contributed by atoms with Crippen LogP contribution in [-0.2, 0) is 0 Å². The second-order valence-corrected chi connectivity index (χ2v) is 3.28. The molecule has 74 valence electrons. The molecule has 2 aliphatic heterocycles. The maximum atomic E-state index is 3.26. The van der Waals surface area contributed by atoms with E-state index in [2.05, 4.69) is 34.9 Å². The molecule has 0 saturated heterocycles. The van der Waals surface area contributed by atoms with Crippen LogP contribution in [0.4, 0.5) is 0 Å². The minimum Gasteiger partial charge on any atom is -0.313 e. The van der Waals surface area contributed by atoms with Gasteiger partial charge < -0.3 is 10.6 Å². The SMILES string of the molecule is C1=CCNCC1.C1=CCNCCC1. The van der Waals surface area contributed by atoms with E-state index in [0.29, 0.717) is 0 Å². The van der Waals surface area contributed by atoms with Crippen LogP contribution in [0.5, 0.6) is 0 Å². The number of hydrogen-bond acceptors (Lipinski definition) is 2. The summed E-state index contributed by atoms with van der Waals surface area (Å²) in [5.74, 6) is 0. The van der Waals surface area contributed by atoms with Crippen molar-refractivity contribution in [1.82, 2.24) is 10.6 Å². The van der Waals surface area contributed by atoms with Gasteiger partial charge in [0, 0.05) is 13.1 Å². The van der Waals surface area contributed by atoms with Gasteiger partial charge in [0.05, 0.1) is 0 Å². The van der Waals surface area contributed by atoms with E-state index in [1.807, 2.05) is 0 Å². The molecule has 0 aromatic carbocycles. The third-order valence-electron chi connectivity index (χ3n) is 2.07. The molecule has 0 saturated carbocycles. The van der Waals surface area contributed by atoms with Gasteiger partial charge in [-0.25, -0.2) is 0 Å². The first-order valence-electron chi connectivity index (χ1n) is 5.21. The standard InChI is InChI=1S/C6H11N.C5H9N/c1-2-4-6-7-5-3-1;1-2-4-6-5-3-1/h1,3,7H,2,4-6H2;1-2,6H,3-5H2. The third kappa shape index (κ3) is 6.55. The molecule has 0 aromatic rings. The van der Waals surface area contributed by atoms with Crippen molar-refractivity contribution in [2.24, 2.45) is 0 Å². The fraction of sp³-hybridized carbons (Fsp3) is 0.636. The predicted octanol–water partition coefficient (Wildman–Crippen LogP) is 1.46. The highest BCUT2D eigenvalue weighted by Gasteiger charge is 1.86. The van der Waals surface area contributed by atoms with Crippen molar-refractivity contribution in [1.29, 1.82) is 0 Å². The summed E-state index contributed by atoms with van der Waals surface area (Å²) in [7, 11) is 0. The van der Waals surface area contributed by atoms with Crippen molar-refractivity contribution >= 4 is 0 Å². The average Bonchev–Trinajstić information content (AvgIpc) is 2.53. The Balaban J connectivity index is 0.000000132. The Kier molecular flexibility index (Phi) is 6.47. The molecule has 0 bridgehead atoms. The van der Waals surface area contributed by atoms with Gasteiger partial charge in [-0.1, -0.05) is 24.3 Å². The van der Waals surface area contributed by atoms with Gasteiger partial charge in [0.25, 0.3) is 0 Å². The van der Waals surface area contributed by atoms with Crippen molar-refractivity contribution in [3.05, 3.63) is 24.3 Å². The average molecular weight is 180 g/mol. The van der Waals surface area contributed by atoms with Gasteiger partial charge in [-0.3, -0.25) is 0 Å². The molecular weight excluding hydrogens is 160 g/mol. The Morgan fingerprint density at radius 1 is 0.692 bits per heavy atom. The summed E-state index contributed by atoms with van der Waals surface area (Å²) in [6, 6.07) is 0. The van der Waals surface area contributed by atoms with Gasteiger partial charge in [-0.2, -0.15) is 0 Å². The number of nitrogens with one attached hydrogen (secondary N) is 2. The summed E-state index contributed by atoms with van der Waals surface area (Å²) in [5, 5.41) is 6.46. The Morgan fingerprint density at radius 2 is 1.38 bits per heavy atom. The minimum absolute atomic E-state index is 1.07. The summed E-state index contributed by atoms with van der Waals surface area (Å²) in [5.41, 5.74) is 0. The summed E-state index contributed by atoms with van der Waals surface area (Å²) in [6.07, 6.45) is 12.6. The zero-order chi connectivity index (χ0) is 9.19. The lowest BCUT2D eigenvalue weighted by atomic mass is 10.3. The van der Waals surface area contributed by atoms with Crippen LogP contribution >= 0.6 is 0 Å². The first-order chi connectivity index (χ1) is 6.50. The van der Waals surface area contributed by atoms with Gasteiger partial charge in [-0.05, 0) is 32.4 Å². The number of allylic oxidation sites excluding steroid dienone is 1. The largest absolute Gasteiger partial charge is 0.313 e. The predicted molar refractivity (Wildman–Crippen MR) is 57.9 cm³/mol. The van der Waals surface area contributed by atoms with Crippen molar-refractivity contribution < 1.29 is 0 Å². The summed E-state index contributed by atoms with van der Waals surface area (Å²) in [6.45, 7) is 4.49. The summed E-state index contributed by atoms with van der Waals surface area (Å²) >= 11 is 0. The van der Waals surface area contributed by atoms with E-state index >= 15 is 0 Å². The Morgan fingerprint density at radius 3 is 1.92 bits per heavy atom. The van der Waals surface area contributed by atoms with Gasteiger partial charge in [0.2, 0.25) is 0 Å². The van der Waals surface area contributed by atoms with E-state index in [0.717, 1.165) is 19.6 Å². The molecule has 2 rings (SSSR count). The highest BCUT2D eigenvalue weighted by Crippen LogP contribution is 1.91. The van der Waals surface area contributed by atoms with Crippen molar-refractivity contribution in [2.75, 3.05) is 26.2 Å². The van der Waals surface area contributed by atoms with Crippen molar-refractivity contribution in [3.63, 3.8) is 0 Å². The number of hydrogen-bond donors (Lipinski definition) is 2. The van der Waals surface area contributed by atoms with Crippen LogP contribution in [0.1, 0.15) is 19.3 Å². The second-order valence-electron chi connectivity index (χ2n) is 3.28. The normalized spacial score (nSPS) is 21.5. The molecule has 0 aromatic heterocycles. The van der Waals surface area contributed by atoms with E-state index in [1.165, 1.54) is 25.8 Å². The zero-order valence-electron chi connectivity index (χ0n) is 8.26. The molecule has 2 N–H and O–H groups in total. The van der Waals surface area contributed by atoms with Gasteiger partial charge >= 0.3 is 0 Å². The Hall–Kier alpha value is -0.600. The quantitative estimate of drug-likeness (QED) is 0.552.